The summed E-state index contributed by atoms with van der Waals surface area (Å²) in [6.07, 6.45) is 6.05. The number of aromatic nitrogens is 5. The number of piperidine rings is 1. The normalized spacial score (nSPS) is 20.8. The fourth-order valence-corrected chi connectivity index (χ4v) is 7.77. The van der Waals surface area contributed by atoms with E-state index in [1.165, 1.54) is 12.8 Å². The summed E-state index contributed by atoms with van der Waals surface area (Å²) in [5.74, 6) is 2.59. The van der Waals surface area contributed by atoms with Gasteiger partial charge in [0, 0.05) is 60.3 Å². The van der Waals surface area contributed by atoms with E-state index in [1.807, 2.05) is 48.3 Å². The van der Waals surface area contributed by atoms with Crippen LogP contribution in [0.25, 0.3) is 55.7 Å². The van der Waals surface area contributed by atoms with Crippen LogP contribution in [-0.2, 0) is 13.6 Å². The van der Waals surface area contributed by atoms with Crippen molar-refractivity contribution >= 4 is 38.9 Å². The Morgan fingerprint density at radius 3 is 2.65 bits per heavy atom. The molecule has 4 aromatic heterocycles. The molecule has 2 aliphatic carbocycles. The summed E-state index contributed by atoms with van der Waals surface area (Å²) in [5.41, 5.74) is 12.9. The number of nitrogens with zero attached hydrogens (tertiary/aromatic N) is 6. The number of amides is 1. The number of hydrogen-bond acceptors (Lipinski definition) is 7. The number of aromatic hydroxyl groups is 1. The zero-order valence-electron chi connectivity index (χ0n) is 25.8. The number of hydrogen-bond donors (Lipinski definition) is 2. The molecule has 9 rings (SSSR count). The molecule has 0 spiro atoms. The Bertz CT molecular complexity index is 2210. The Kier molecular flexibility index (Phi) is 5.96. The topological polar surface area (TPSA) is 124 Å². The molecule has 0 radical (unpaired) electrons. The zero-order chi connectivity index (χ0) is 31.3. The van der Waals surface area contributed by atoms with Crippen LogP contribution >= 0.6 is 0 Å². The lowest BCUT2D eigenvalue weighted by atomic mass is 10.1. The number of methoxy groups -OCH3 is 1. The maximum atomic E-state index is 13.7. The van der Waals surface area contributed by atoms with Crippen LogP contribution in [0, 0.1) is 11.8 Å². The molecule has 232 valence electrons. The molecule has 3 fully saturated rings. The van der Waals surface area contributed by atoms with Gasteiger partial charge in [-0.05, 0) is 86.1 Å². The number of pyridine rings is 2. The van der Waals surface area contributed by atoms with Gasteiger partial charge in [-0.3, -0.25) is 9.78 Å². The summed E-state index contributed by atoms with van der Waals surface area (Å²) in [6, 6.07) is 17.6. The third-order valence-corrected chi connectivity index (χ3v) is 10.4. The standard InChI is InChI=1S/C36H35N7O3/c1-41-33-27(14-23(16-31(33)46-2)36(45)43-18-22-7-10-28(43)32(22)37)40-35(41)29-15-21-6-8-25(39-34(21)42(29)17-19-3-4-19)20-5-9-26-24(13-20)30(44)11-12-38-26/h5-6,8-9,11-16,19,22,28,32H,3-4,7,10,17-18,37H2,1-2H3,(H,38,44)/t22-,28-,32-/m1/s1. The summed E-state index contributed by atoms with van der Waals surface area (Å²) < 4.78 is 10.2. The Morgan fingerprint density at radius 2 is 1.89 bits per heavy atom. The molecule has 1 aliphatic heterocycles. The van der Waals surface area contributed by atoms with E-state index in [0.29, 0.717) is 35.1 Å². The Hall–Kier alpha value is -4.96. The summed E-state index contributed by atoms with van der Waals surface area (Å²) in [7, 11) is 3.64. The van der Waals surface area contributed by atoms with Gasteiger partial charge in [0.15, 0.2) is 5.82 Å². The fourth-order valence-electron chi connectivity index (χ4n) is 7.77. The van der Waals surface area contributed by atoms with Gasteiger partial charge >= 0.3 is 0 Å². The molecule has 2 saturated carbocycles. The molecule has 3 atom stereocenters. The second-order valence-corrected chi connectivity index (χ2v) is 13.2. The van der Waals surface area contributed by atoms with Crippen LogP contribution < -0.4 is 10.5 Å². The summed E-state index contributed by atoms with van der Waals surface area (Å²) >= 11 is 0. The Labute approximate surface area is 265 Å². The highest BCUT2D eigenvalue weighted by Crippen LogP contribution is 2.40. The minimum Gasteiger partial charge on any atom is -0.507 e. The molecule has 5 heterocycles. The predicted octanol–water partition coefficient (Wildman–Crippen LogP) is 5.49. The van der Waals surface area contributed by atoms with E-state index >= 15 is 0 Å². The number of rotatable bonds is 6. The smallest absolute Gasteiger partial charge is 0.254 e. The van der Waals surface area contributed by atoms with Crippen molar-refractivity contribution in [3.8, 4) is 34.3 Å². The first-order chi connectivity index (χ1) is 22.4. The first-order valence-corrected chi connectivity index (χ1v) is 16.1. The molecule has 1 saturated heterocycles. The molecule has 1 amide bonds. The van der Waals surface area contributed by atoms with Crippen LogP contribution in [0.1, 0.15) is 36.0 Å². The van der Waals surface area contributed by atoms with Crippen molar-refractivity contribution in [2.24, 2.45) is 24.6 Å². The van der Waals surface area contributed by atoms with Crippen LogP contribution in [0.15, 0.2) is 60.8 Å². The van der Waals surface area contributed by atoms with Crippen molar-refractivity contribution in [1.82, 2.24) is 29.0 Å². The lowest BCUT2D eigenvalue weighted by Crippen LogP contribution is -2.41. The molecule has 10 nitrogen and oxygen atoms in total. The summed E-state index contributed by atoms with van der Waals surface area (Å²) in [5, 5.41) is 12.2. The minimum atomic E-state index is -0.00702. The molecule has 2 bridgehead atoms. The first kappa shape index (κ1) is 27.4. The van der Waals surface area contributed by atoms with Crippen LogP contribution in [-0.4, -0.2) is 65.7 Å². The van der Waals surface area contributed by atoms with E-state index in [-0.39, 0.29) is 23.7 Å². The lowest BCUT2D eigenvalue weighted by molar-refractivity contribution is 0.0700. The number of ether oxygens (including phenoxy) is 1. The van der Waals surface area contributed by atoms with Crippen molar-refractivity contribution < 1.29 is 14.6 Å². The second kappa shape index (κ2) is 10.0. The number of aryl methyl sites for hydroxylation is 1. The molecule has 10 heteroatoms. The highest BCUT2D eigenvalue weighted by atomic mass is 16.5. The van der Waals surface area contributed by atoms with Gasteiger partial charge in [0.05, 0.1) is 29.5 Å². The average molecular weight is 614 g/mol. The van der Waals surface area contributed by atoms with Crippen LogP contribution in [0.3, 0.4) is 0 Å². The molecular formula is C36H35N7O3. The number of fused-ring (bicyclic) bond motifs is 5. The van der Waals surface area contributed by atoms with Gasteiger partial charge in [-0.1, -0.05) is 6.07 Å². The lowest BCUT2D eigenvalue weighted by Gasteiger charge is -2.27. The van der Waals surface area contributed by atoms with Gasteiger partial charge in [-0.25, -0.2) is 9.97 Å². The van der Waals surface area contributed by atoms with Crippen molar-refractivity contribution in [3.05, 3.63) is 66.4 Å². The van der Waals surface area contributed by atoms with Gasteiger partial charge in [0.2, 0.25) is 0 Å². The predicted molar refractivity (Wildman–Crippen MR) is 177 cm³/mol. The zero-order valence-corrected chi connectivity index (χ0v) is 25.8. The maximum absolute atomic E-state index is 13.7. The van der Waals surface area contributed by atoms with Gasteiger partial charge in [0.1, 0.15) is 22.7 Å². The van der Waals surface area contributed by atoms with E-state index in [1.54, 1.807) is 19.4 Å². The SMILES string of the molecule is COc1cc(C(=O)N2C[C@H]3CC[C@@H]2[C@@H]3N)cc2nc(-c3cc4ccc(-c5ccc6nccc(O)c6c5)nc4n3CC3CC3)n(C)c12. The quantitative estimate of drug-likeness (QED) is 0.255. The number of imidazole rings is 1. The molecule has 3 aliphatic rings. The van der Waals surface area contributed by atoms with Crippen LogP contribution in [0.5, 0.6) is 11.5 Å². The first-order valence-electron chi connectivity index (χ1n) is 16.1. The molecule has 6 aromatic rings. The molecule has 3 N–H and O–H groups in total. The van der Waals surface area contributed by atoms with E-state index in [0.717, 1.165) is 69.7 Å². The fraction of sp³-hybridized carbons (Fsp3) is 0.333. The summed E-state index contributed by atoms with van der Waals surface area (Å²) in [6.45, 7) is 1.56. The Morgan fingerprint density at radius 1 is 1.02 bits per heavy atom. The second-order valence-electron chi connectivity index (χ2n) is 13.2. The van der Waals surface area contributed by atoms with Crippen LogP contribution in [0.4, 0.5) is 0 Å². The van der Waals surface area contributed by atoms with Crippen molar-refractivity contribution in [1.29, 1.82) is 0 Å². The maximum Gasteiger partial charge on any atom is 0.254 e. The van der Waals surface area contributed by atoms with E-state index < -0.39 is 0 Å². The monoisotopic (exact) mass is 613 g/mol. The minimum absolute atomic E-state index is 0.00702. The average Bonchev–Trinajstić information content (AvgIpc) is 3.48. The number of carbonyl (C=O) groups excluding carboxylic acids is 1. The number of carbonyl (C=O) groups is 1. The van der Waals surface area contributed by atoms with Gasteiger partial charge < -0.3 is 29.6 Å². The van der Waals surface area contributed by atoms with Crippen LogP contribution in [0.2, 0.25) is 0 Å². The van der Waals surface area contributed by atoms with Crippen molar-refractivity contribution in [2.75, 3.05) is 13.7 Å². The van der Waals surface area contributed by atoms with Gasteiger partial charge in [0.25, 0.3) is 5.91 Å². The third kappa shape index (κ3) is 4.12. The van der Waals surface area contributed by atoms with Crippen molar-refractivity contribution in [3.63, 3.8) is 0 Å². The Balaban J connectivity index is 1.16. The molecular weight excluding hydrogens is 578 g/mol. The highest BCUT2D eigenvalue weighted by Gasteiger charge is 2.47. The van der Waals surface area contributed by atoms with E-state index in [4.69, 9.17) is 20.4 Å². The molecule has 46 heavy (non-hydrogen) atoms. The van der Waals surface area contributed by atoms with Gasteiger partial charge in [-0.2, -0.15) is 0 Å². The van der Waals surface area contributed by atoms with E-state index in [2.05, 4.69) is 26.3 Å². The van der Waals surface area contributed by atoms with Crippen molar-refractivity contribution in [2.45, 2.75) is 44.3 Å². The van der Waals surface area contributed by atoms with Gasteiger partial charge in [-0.15, -0.1) is 0 Å². The highest BCUT2D eigenvalue weighted by molar-refractivity contribution is 6.00. The number of likely N-dealkylation sites (tertiary alicyclic amines) is 1. The summed E-state index contributed by atoms with van der Waals surface area (Å²) in [4.78, 5) is 30.4. The number of benzene rings is 2. The van der Waals surface area contributed by atoms with E-state index in [9.17, 15) is 9.90 Å². The largest absolute Gasteiger partial charge is 0.507 e. The molecule has 0 unspecified atom stereocenters. The number of nitrogens with two attached hydrogens (primary N) is 1. The molecule has 2 aromatic carbocycles. The third-order valence-electron chi connectivity index (χ3n) is 10.4.